The Morgan fingerprint density at radius 1 is 1.25 bits per heavy atom. The maximum Gasteiger partial charge on any atom is 0.317 e. The minimum absolute atomic E-state index is 0.00139. The van der Waals surface area contributed by atoms with Gasteiger partial charge in [0.15, 0.2) is 0 Å². The Morgan fingerprint density at radius 3 is 2.57 bits per heavy atom. The van der Waals surface area contributed by atoms with Gasteiger partial charge in [0.25, 0.3) is 5.91 Å². The summed E-state index contributed by atoms with van der Waals surface area (Å²) in [6.07, 6.45) is 0. The van der Waals surface area contributed by atoms with E-state index < -0.39 is 0 Å². The molecule has 1 fully saturated rings. The van der Waals surface area contributed by atoms with Crippen molar-refractivity contribution in [2.75, 3.05) is 19.6 Å². The number of rotatable bonds is 4. The first kappa shape index (κ1) is 18.5. The number of benzene rings is 1. The molecule has 3 amide bonds. The summed E-state index contributed by atoms with van der Waals surface area (Å²) in [5.41, 5.74) is 3.48. The van der Waals surface area contributed by atoms with E-state index in [2.05, 4.69) is 17.3 Å². The molecule has 28 heavy (non-hydrogen) atoms. The van der Waals surface area contributed by atoms with Crippen LogP contribution in [-0.2, 0) is 0 Å². The number of urea groups is 1. The number of aromatic nitrogens is 2. The number of hydrogen-bond acceptors (Lipinski definition) is 3. The van der Waals surface area contributed by atoms with Crippen molar-refractivity contribution in [1.29, 1.82) is 0 Å². The molecule has 2 aliphatic heterocycles. The van der Waals surface area contributed by atoms with Gasteiger partial charge in [-0.15, -0.1) is 0 Å². The normalized spacial score (nSPS) is 19.2. The number of nitrogens with zero attached hydrogens (tertiary/aromatic N) is 4. The third-order valence-corrected chi connectivity index (χ3v) is 5.57. The number of nitrogens with one attached hydrogen (secondary N) is 1. The third-order valence-electron chi connectivity index (χ3n) is 5.57. The predicted molar refractivity (Wildman–Crippen MR) is 106 cm³/mol. The van der Waals surface area contributed by atoms with Crippen molar-refractivity contribution in [2.45, 2.75) is 39.8 Å². The monoisotopic (exact) mass is 381 g/mol. The molecule has 7 heteroatoms. The number of para-hydroxylation sites is 1. The molecule has 7 nitrogen and oxygen atoms in total. The summed E-state index contributed by atoms with van der Waals surface area (Å²) in [6.45, 7) is 9.98. The second kappa shape index (κ2) is 6.96. The molecule has 1 aromatic carbocycles. The maximum absolute atomic E-state index is 13.2. The lowest BCUT2D eigenvalue weighted by atomic mass is 9.99. The summed E-state index contributed by atoms with van der Waals surface area (Å²) in [4.78, 5) is 29.0. The minimum atomic E-state index is -0.0223. The van der Waals surface area contributed by atoms with Gasteiger partial charge in [-0.3, -0.25) is 4.79 Å². The lowest BCUT2D eigenvalue weighted by Gasteiger charge is -2.41. The van der Waals surface area contributed by atoms with Crippen LogP contribution in [0.5, 0.6) is 0 Å². The van der Waals surface area contributed by atoms with Crippen molar-refractivity contribution >= 4 is 11.9 Å². The van der Waals surface area contributed by atoms with Crippen LogP contribution < -0.4 is 5.32 Å². The molecule has 0 bridgehead atoms. The van der Waals surface area contributed by atoms with Gasteiger partial charge in [0.1, 0.15) is 5.69 Å². The average Bonchev–Trinajstić information content (AvgIpc) is 3.08. The Kier molecular flexibility index (Phi) is 4.61. The lowest BCUT2D eigenvalue weighted by molar-refractivity contribution is 0.0551. The number of likely N-dealkylation sites (tertiary alicyclic amines) is 1. The van der Waals surface area contributed by atoms with Crippen molar-refractivity contribution < 1.29 is 9.59 Å². The second-order valence-electron chi connectivity index (χ2n) is 8.10. The molecule has 0 spiro atoms. The number of hydrogen-bond donors (Lipinski definition) is 1. The zero-order chi connectivity index (χ0) is 20.0. The Balaban J connectivity index is 1.48. The molecule has 1 atom stereocenters. The molecular weight excluding hydrogens is 354 g/mol. The summed E-state index contributed by atoms with van der Waals surface area (Å²) in [6, 6.07) is 9.88. The van der Waals surface area contributed by atoms with E-state index >= 15 is 0 Å². The third kappa shape index (κ3) is 3.04. The quantitative estimate of drug-likeness (QED) is 0.885. The first-order chi connectivity index (χ1) is 13.4. The van der Waals surface area contributed by atoms with E-state index in [9.17, 15) is 9.59 Å². The number of aryl methyl sites for hydroxylation is 1. The average molecular weight is 381 g/mol. The SMILES string of the molecule is Cc1nn(-c2ccccc2)c2c1C(C)N(CC1CN(C(=O)NC(C)C)C1)C2=O. The topological polar surface area (TPSA) is 70.5 Å². The van der Waals surface area contributed by atoms with E-state index in [-0.39, 0.29) is 24.0 Å². The van der Waals surface area contributed by atoms with Crippen LogP contribution in [0.15, 0.2) is 30.3 Å². The summed E-state index contributed by atoms with van der Waals surface area (Å²) < 4.78 is 1.77. The molecular formula is C21H27N5O2. The van der Waals surface area contributed by atoms with Gasteiger partial charge in [-0.05, 0) is 39.8 Å². The van der Waals surface area contributed by atoms with Crippen molar-refractivity contribution in [1.82, 2.24) is 24.9 Å². The van der Waals surface area contributed by atoms with E-state index in [1.807, 2.05) is 56.0 Å². The van der Waals surface area contributed by atoms with Crippen molar-refractivity contribution in [3.05, 3.63) is 47.3 Å². The molecule has 0 saturated carbocycles. The number of amides is 3. The van der Waals surface area contributed by atoms with Gasteiger partial charge in [0.2, 0.25) is 0 Å². The molecule has 3 heterocycles. The highest BCUT2D eigenvalue weighted by Crippen LogP contribution is 2.37. The molecule has 1 aromatic heterocycles. The summed E-state index contributed by atoms with van der Waals surface area (Å²) in [5.74, 6) is 0.337. The van der Waals surface area contributed by atoms with Crippen molar-refractivity contribution in [3.8, 4) is 5.69 Å². The fourth-order valence-electron chi connectivity index (χ4n) is 4.18. The van der Waals surface area contributed by atoms with Gasteiger partial charge in [-0.2, -0.15) is 5.10 Å². The molecule has 1 N–H and O–H groups in total. The van der Waals surface area contributed by atoms with Crippen LogP contribution in [0.4, 0.5) is 4.79 Å². The van der Waals surface area contributed by atoms with Crippen molar-refractivity contribution in [2.24, 2.45) is 5.92 Å². The van der Waals surface area contributed by atoms with E-state index in [0.29, 0.717) is 31.2 Å². The molecule has 4 rings (SSSR count). The largest absolute Gasteiger partial charge is 0.336 e. The van der Waals surface area contributed by atoms with Crippen LogP contribution in [0.2, 0.25) is 0 Å². The molecule has 1 unspecified atom stereocenters. The number of fused-ring (bicyclic) bond motifs is 1. The molecule has 2 aromatic rings. The maximum atomic E-state index is 13.2. The van der Waals surface area contributed by atoms with Crippen LogP contribution in [0.25, 0.3) is 5.69 Å². The summed E-state index contributed by atoms with van der Waals surface area (Å²) in [5, 5.41) is 7.54. The fourth-order valence-corrected chi connectivity index (χ4v) is 4.18. The molecule has 2 aliphatic rings. The van der Waals surface area contributed by atoms with Gasteiger partial charge >= 0.3 is 6.03 Å². The first-order valence-corrected chi connectivity index (χ1v) is 9.88. The summed E-state index contributed by atoms with van der Waals surface area (Å²) >= 11 is 0. The van der Waals surface area contributed by atoms with Crippen LogP contribution in [-0.4, -0.2) is 57.2 Å². The standard InChI is InChI=1S/C21H27N5O2/c1-13(2)22-21(28)24-10-16(11-24)12-25-15(4)18-14(3)23-26(19(18)20(25)27)17-8-6-5-7-9-17/h5-9,13,15-16H,10-12H2,1-4H3,(H,22,28). The van der Waals surface area contributed by atoms with Gasteiger partial charge < -0.3 is 15.1 Å². The minimum Gasteiger partial charge on any atom is -0.336 e. The predicted octanol–water partition coefficient (Wildman–Crippen LogP) is 2.75. The van der Waals surface area contributed by atoms with Gasteiger partial charge in [-0.1, -0.05) is 18.2 Å². The Hall–Kier alpha value is -2.83. The van der Waals surface area contributed by atoms with E-state index in [1.54, 1.807) is 9.58 Å². The fraction of sp³-hybridized carbons (Fsp3) is 0.476. The van der Waals surface area contributed by atoms with E-state index in [0.717, 1.165) is 16.9 Å². The zero-order valence-electron chi connectivity index (χ0n) is 16.8. The van der Waals surface area contributed by atoms with Crippen LogP contribution in [0.3, 0.4) is 0 Å². The molecule has 0 radical (unpaired) electrons. The zero-order valence-corrected chi connectivity index (χ0v) is 16.8. The Morgan fingerprint density at radius 2 is 1.93 bits per heavy atom. The van der Waals surface area contributed by atoms with E-state index in [1.165, 1.54) is 0 Å². The Bertz CT molecular complexity index is 899. The highest BCUT2D eigenvalue weighted by atomic mass is 16.2. The van der Waals surface area contributed by atoms with Gasteiger partial charge in [0.05, 0.1) is 17.4 Å². The number of carbonyl (C=O) groups is 2. The Labute approximate surface area is 165 Å². The molecule has 1 saturated heterocycles. The second-order valence-corrected chi connectivity index (χ2v) is 8.10. The highest BCUT2D eigenvalue weighted by Gasteiger charge is 2.42. The highest BCUT2D eigenvalue weighted by molar-refractivity contribution is 5.98. The van der Waals surface area contributed by atoms with Crippen molar-refractivity contribution in [3.63, 3.8) is 0 Å². The van der Waals surface area contributed by atoms with E-state index in [4.69, 9.17) is 0 Å². The lowest BCUT2D eigenvalue weighted by Crippen LogP contribution is -2.57. The van der Waals surface area contributed by atoms with Gasteiger partial charge in [0, 0.05) is 37.2 Å². The molecule has 0 aliphatic carbocycles. The van der Waals surface area contributed by atoms with Crippen LogP contribution in [0, 0.1) is 12.8 Å². The van der Waals surface area contributed by atoms with Gasteiger partial charge in [-0.25, -0.2) is 9.48 Å². The summed E-state index contributed by atoms with van der Waals surface area (Å²) in [7, 11) is 0. The van der Waals surface area contributed by atoms with Crippen LogP contribution in [0.1, 0.15) is 48.6 Å². The number of carbonyl (C=O) groups excluding carboxylic acids is 2. The first-order valence-electron chi connectivity index (χ1n) is 9.88. The smallest absolute Gasteiger partial charge is 0.317 e. The van der Waals surface area contributed by atoms with Crippen LogP contribution >= 0.6 is 0 Å². The molecule has 148 valence electrons.